The minimum Gasteiger partial charge on any atom is -0.495 e. The molecule has 0 saturated heterocycles. The second kappa shape index (κ2) is 10.4. The average Bonchev–Trinajstić information content (AvgIpc) is 3.25. The van der Waals surface area contributed by atoms with Gasteiger partial charge in [0.05, 0.1) is 29.2 Å². The van der Waals surface area contributed by atoms with Crippen molar-refractivity contribution in [3.05, 3.63) is 72.0 Å². The summed E-state index contributed by atoms with van der Waals surface area (Å²) in [7, 11) is 5.40. The molecule has 4 rings (SSSR count). The fraction of sp³-hybridized carbons (Fsp3) is 0.160. The maximum atomic E-state index is 12.3. The zero-order valence-electron chi connectivity index (χ0n) is 19.1. The smallest absolute Gasteiger partial charge is 0.248 e. The monoisotopic (exact) mass is 476 g/mol. The number of para-hydroxylation sites is 1. The van der Waals surface area contributed by atoms with Gasteiger partial charge >= 0.3 is 0 Å². The molecule has 8 nitrogen and oxygen atoms in total. The Bertz CT molecular complexity index is 1350. The number of hydrogen-bond donors (Lipinski definition) is 3. The number of H-pyrrole nitrogens is 1. The van der Waals surface area contributed by atoms with E-state index in [1.807, 2.05) is 55.5 Å². The Hall–Kier alpha value is -3.88. The maximum Gasteiger partial charge on any atom is 0.248 e. The number of fused-ring (bicyclic) bond motifs is 1. The van der Waals surface area contributed by atoms with Gasteiger partial charge in [0, 0.05) is 47.5 Å². The Morgan fingerprint density at radius 2 is 2.03 bits per heavy atom. The largest absolute Gasteiger partial charge is 0.495 e. The second-order valence-corrected chi connectivity index (χ2v) is 8.23. The van der Waals surface area contributed by atoms with E-state index in [1.165, 1.54) is 6.08 Å². The standard InChI is InChI=1S/C25H25ClN6O2/c1-32(2)12-6-9-24(33)29-21-14-22(23(34-3)13-18(21)26)31-25-27-11-10-20(30-25)17-15-28-19-8-5-4-7-16(17)19/h4-11,13-15,28H,12H2,1-3H3,(H,29,33)(H,27,30,31)/b9-6+. The normalized spacial score (nSPS) is 11.3. The van der Waals surface area contributed by atoms with Crippen molar-refractivity contribution < 1.29 is 9.53 Å². The van der Waals surface area contributed by atoms with Gasteiger partial charge in [-0.25, -0.2) is 9.97 Å². The first-order valence-electron chi connectivity index (χ1n) is 10.6. The first kappa shape index (κ1) is 23.3. The van der Waals surface area contributed by atoms with Gasteiger partial charge in [0.15, 0.2) is 0 Å². The van der Waals surface area contributed by atoms with E-state index in [0.29, 0.717) is 34.6 Å². The highest BCUT2D eigenvalue weighted by atomic mass is 35.5. The van der Waals surface area contributed by atoms with Gasteiger partial charge < -0.3 is 25.3 Å². The van der Waals surface area contributed by atoms with Crippen molar-refractivity contribution >= 4 is 45.7 Å². The predicted octanol–water partition coefficient (Wildman–Crippen LogP) is 5.09. The lowest BCUT2D eigenvalue weighted by Crippen LogP contribution is -2.13. The molecule has 0 saturated carbocycles. The van der Waals surface area contributed by atoms with E-state index in [0.717, 1.165) is 22.2 Å². The minimum absolute atomic E-state index is 0.280. The van der Waals surface area contributed by atoms with Crippen molar-refractivity contribution in [1.82, 2.24) is 19.9 Å². The quantitative estimate of drug-likeness (QED) is 0.307. The maximum absolute atomic E-state index is 12.3. The Kier molecular flexibility index (Phi) is 7.10. The Morgan fingerprint density at radius 3 is 2.82 bits per heavy atom. The van der Waals surface area contributed by atoms with E-state index in [4.69, 9.17) is 16.3 Å². The van der Waals surface area contributed by atoms with Crippen LogP contribution in [0.15, 0.2) is 67.0 Å². The van der Waals surface area contributed by atoms with Crippen LogP contribution in [0.4, 0.5) is 17.3 Å². The number of amides is 1. The van der Waals surface area contributed by atoms with Crippen molar-refractivity contribution in [3.8, 4) is 17.0 Å². The van der Waals surface area contributed by atoms with Crippen molar-refractivity contribution in [3.63, 3.8) is 0 Å². The van der Waals surface area contributed by atoms with Crippen molar-refractivity contribution in [2.45, 2.75) is 0 Å². The van der Waals surface area contributed by atoms with Crippen molar-refractivity contribution in [2.75, 3.05) is 38.4 Å². The number of methoxy groups -OCH3 is 1. The third kappa shape index (κ3) is 5.36. The number of aromatic amines is 1. The lowest BCUT2D eigenvalue weighted by molar-refractivity contribution is -0.111. The molecule has 0 fully saturated rings. The van der Waals surface area contributed by atoms with Crippen LogP contribution in [0.3, 0.4) is 0 Å². The van der Waals surface area contributed by atoms with Crippen LogP contribution in [-0.2, 0) is 4.79 Å². The summed E-state index contributed by atoms with van der Waals surface area (Å²) < 4.78 is 5.47. The number of likely N-dealkylation sites (N-methyl/N-ethyl adjacent to an activating group) is 1. The van der Waals surface area contributed by atoms with E-state index in [2.05, 4.69) is 25.6 Å². The first-order valence-corrected chi connectivity index (χ1v) is 11.0. The number of aromatic nitrogens is 3. The van der Waals surface area contributed by atoms with Crippen molar-refractivity contribution in [2.24, 2.45) is 0 Å². The zero-order chi connectivity index (χ0) is 24.1. The first-order chi connectivity index (χ1) is 16.4. The molecule has 1 amide bonds. The van der Waals surface area contributed by atoms with Crippen LogP contribution < -0.4 is 15.4 Å². The van der Waals surface area contributed by atoms with Crippen LogP contribution in [0, 0.1) is 0 Å². The molecule has 0 radical (unpaired) electrons. The fourth-order valence-electron chi connectivity index (χ4n) is 3.44. The van der Waals surface area contributed by atoms with Gasteiger partial charge in [-0.1, -0.05) is 35.9 Å². The third-order valence-electron chi connectivity index (χ3n) is 5.05. The van der Waals surface area contributed by atoms with Crippen LogP contribution in [0.25, 0.3) is 22.2 Å². The molecule has 0 unspecified atom stereocenters. The summed E-state index contributed by atoms with van der Waals surface area (Å²) in [6.45, 7) is 0.653. The van der Waals surface area contributed by atoms with Gasteiger partial charge in [-0.05, 0) is 32.3 Å². The number of benzene rings is 2. The Labute approximate surface area is 202 Å². The number of carbonyl (C=O) groups is 1. The third-order valence-corrected chi connectivity index (χ3v) is 5.37. The lowest BCUT2D eigenvalue weighted by atomic mass is 10.1. The number of halogens is 1. The molecule has 0 bridgehead atoms. The van der Waals surface area contributed by atoms with Gasteiger partial charge in [0.1, 0.15) is 5.75 Å². The average molecular weight is 477 g/mol. The molecule has 3 N–H and O–H groups in total. The molecule has 0 atom stereocenters. The van der Waals surface area contributed by atoms with Gasteiger partial charge in [-0.2, -0.15) is 0 Å². The topological polar surface area (TPSA) is 95.2 Å². The summed E-state index contributed by atoms with van der Waals surface area (Å²) >= 11 is 6.37. The summed E-state index contributed by atoms with van der Waals surface area (Å²) in [6.07, 6.45) is 6.86. The molecular weight excluding hydrogens is 452 g/mol. The molecule has 0 spiro atoms. The molecule has 2 heterocycles. The SMILES string of the molecule is COc1cc(Cl)c(NC(=O)/C=C/CN(C)C)cc1Nc1nccc(-c2c[nH]c3ccccc23)n1. The highest BCUT2D eigenvalue weighted by molar-refractivity contribution is 6.34. The van der Waals surface area contributed by atoms with Crippen molar-refractivity contribution in [1.29, 1.82) is 0 Å². The van der Waals surface area contributed by atoms with Crippen LogP contribution >= 0.6 is 11.6 Å². The zero-order valence-corrected chi connectivity index (χ0v) is 19.8. The van der Waals surface area contributed by atoms with Gasteiger partial charge in [0.2, 0.25) is 11.9 Å². The number of nitrogens with one attached hydrogen (secondary N) is 3. The Balaban J connectivity index is 1.60. The number of nitrogens with zero attached hydrogens (tertiary/aromatic N) is 3. The molecule has 0 aliphatic heterocycles. The van der Waals surface area contributed by atoms with Gasteiger partial charge in [0.25, 0.3) is 0 Å². The molecule has 4 aromatic rings. The number of ether oxygens (including phenoxy) is 1. The summed E-state index contributed by atoms with van der Waals surface area (Å²) in [4.78, 5) is 26.5. The summed E-state index contributed by atoms with van der Waals surface area (Å²) in [5.74, 6) is 0.594. The number of rotatable bonds is 8. The number of hydrogen-bond acceptors (Lipinski definition) is 6. The van der Waals surface area contributed by atoms with E-state index < -0.39 is 0 Å². The summed E-state index contributed by atoms with van der Waals surface area (Å²) in [6, 6.07) is 13.2. The molecule has 2 aromatic carbocycles. The number of anilines is 3. The Morgan fingerprint density at radius 1 is 1.21 bits per heavy atom. The predicted molar refractivity (Wildman–Crippen MR) is 137 cm³/mol. The lowest BCUT2D eigenvalue weighted by Gasteiger charge is -2.14. The van der Waals surface area contributed by atoms with Gasteiger partial charge in [-0.15, -0.1) is 0 Å². The molecule has 34 heavy (non-hydrogen) atoms. The molecule has 174 valence electrons. The molecule has 2 aromatic heterocycles. The van der Waals surface area contributed by atoms with Crippen LogP contribution in [0.5, 0.6) is 5.75 Å². The highest BCUT2D eigenvalue weighted by Crippen LogP contribution is 2.36. The minimum atomic E-state index is -0.280. The van der Waals surface area contributed by atoms with E-state index in [1.54, 1.807) is 31.5 Å². The van der Waals surface area contributed by atoms with E-state index in [9.17, 15) is 4.79 Å². The second-order valence-electron chi connectivity index (χ2n) is 7.82. The molecular formula is C25H25ClN6O2. The summed E-state index contributed by atoms with van der Waals surface area (Å²) in [5, 5.41) is 7.40. The molecule has 0 aliphatic carbocycles. The van der Waals surface area contributed by atoms with Crippen LogP contribution in [0.1, 0.15) is 0 Å². The van der Waals surface area contributed by atoms with Crippen LogP contribution in [0.2, 0.25) is 5.02 Å². The van der Waals surface area contributed by atoms with E-state index >= 15 is 0 Å². The van der Waals surface area contributed by atoms with Crippen LogP contribution in [-0.4, -0.2) is 53.5 Å². The fourth-order valence-corrected chi connectivity index (χ4v) is 3.64. The number of carbonyl (C=O) groups excluding carboxylic acids is 1. The highest BCUT2D eigenvalue weighted by Gasteiger charge is 2.14. The van der Waals surface area contributed by atoms with E-state index in [-0.39, 0.29) is 5.91 Å². The molecule has 0 aliphatic rings. The molecule has 9 heteroatoms. The summed E-state index contributed by atoms with van der Waals surface area (Å²) in [5.41, 5.74) is 3.78. The van der Waals surface area contributed by atoms with Gasteiger partial charge in [-0.3, -0.25) is 4.79 Å².